The van der Waals surface area contributed by atoms with Gasteiger partial charge in [-0.2, -0.15) is 0 Å². The molecular weight excluding hydrogens is 266 g/mol. The van der Waals surface area contributed by atoms with Gasteiger partial charge in [0, 0.05) is 6.42 Å². The summed E-state index contributed by atoms with van der Waals surface area (Å²) in [6.45, 7) is 4.77. The predicted molar refractivity (Wildman–Crippen MR) is 81.4 cm³/mol. The first kappa shape index (κ1) is 15.7. The average Bonchev–Trinajstić information content (AvgIpc) is 2.49. The van der Waals surface area contributed by atoms with E-state index in [2.05, 4.69) is 4.90 Å². The second-order valence-corrected chi connectivity index (χ2v) is 5.47. The van der Waals surface area contributed by atoms with E-state index in [1.54, 1.807) is 19.1 Å². The topological polar surface area (TPSA) is 46.6 Å². The molecule has 21 heavy (non-hydrogen) atoms. The predicted octanol–water partition coefficient (Wildman–Crippen LogP) is 2.46. The monoisotopic (exact) mass is 289 g/mol. The van der Waals surface area contributed by atoms with E-state index in [0.717, 1.165) is 18.7 Å². The molecule has 114 valence electrons. The SMILES string of the molecule is CCOC(=O)c1ccc(CC(=O)CN2CCCCC2)cc1. The van der Waals surface area contributed by atoms with Crippen LogP contribution in [0, 0.1) is 0 Å². The number of rotatable bonds is 6. The van der Waals surface area contributed by atoms with Crippen molar-refractivity contribution in [2.45, 2.75) is 32.6 Å². The Balaban J connectivity index is 1.84. The molecule has 0 saturated carbocycles. The van der Waals surface area contributed by atoms with Gasteiger partial charge in [-0.25, -0.2) is 4.79 Å². The summed E-state index contributed by atoms with van der Waals surface area (Å²) in [5.74, 6) is -0.0792. The number of nitrogens with zero attached hydrogens (tertiary/aromatic N) is 1. The minimum Gasteiger partial charge on any atom is -0.462 e. The van der Waals surface area contributed by atoms with E-state index in [0.29, 0.717) is 25.1 Å². The molecule has 0 amide bonds. The first-order valence-electron chi connectivity index (χ1n) is 7.69. The summed E-state index contributed by atoms with van der Waals surface area (Å²) >= 11 is 0. The molecule has 1 heterocycles. The molecule has 1 aromatic rings. The molecule has 1 aliphatic heterocycles. The van der Waals surface area contributed by atoms with Crippen LogP contribution >= 0.6 is 0 Å². The summed E-state index contributed by atoms with van der Waals surface area (Å²) in [5.41, 5.74) is 1.48. The van der Waals surface area contributed by atoms with Gasteiger partial charge in [-0.1, -0.05) is 18.6 Å². The quantitative estimate of drug-likeness (QED) is 0.755. The number of carbonyl (C=O) groups is 2. The molecule has 0 atom stereocenters. The van der Waals surface area contributed by atoms with Crippen LogP contribution in [0.3, 0.4) is 0 Å². The van der Waals surface area contributed by atoms with Gasteiger partial charge in [-0.15, -0.1) is 0 Å². The van der Waals surface area contributed by atoms with E-state index in [-0.39, 0.29) is 11.8 Å². The number of ether oxygens (including phenoxy) is 1. The van der Waals surface area contributed by atoms with E-state index < -0.39 is 0 Å². The third-order valence-electron chi connectivity index (χ3n) is 3.72. The minimum atomic E-state index is -0.316. The fraction of sp³-hybridized carbons (Fsp3) is 0.529. The molecule has 1 fully saturated rings. The van der Waals surface area contributed by atoms with E-state index in [1.165, 1.54) is 19.3 Å². The largest absolute Gasteiger partial charge is 0.462 e. The van der Waals surface area contributed by atoms with Gasteiger partial charge in [-0.05, 0) is 50.6 Å². The van der Waals surface area contributed by atoms with Gasteiger partial charge in [0.25, 0.3) is 0 Å². The Bertz CT molecular complexity index is 475. The average molecular weight is 289 g/mol. The maximum atomic E-state index is 12.1. The van der Waals surface area contributed by atoms with Crippen LogP contribution in [0.4, 0.5) is 0 Å². The minimum absolute atomic E-state index is 0.237. The molecule has 4 nitrogen and oxygen atoms in total. The highest BCUT2D eigenvalue weighted by Crippen LogP contribution is 2.10. The summed E-state index contributed by atoms with van der Waals surface area (Å²) < 4.78 is 4.94. The number of benzene rings is 1. The summed E-state index contributed by atoms with van der Waals surface area (Å²) in [7, 11) is 0. The zero-order valence-corrected chi connectivity index (χ0v) is 12.6. The summed E-state index contributed by atoms with van der Waals surface area (Å²) in [4.78, 5) is 25.8. The Morgan fingerprint density at radius 2 is 1.76 bits per heavy atom. The van der Waals surface area contributed by atoms with Crippen molar-refractivity contribution < 1.29 is 14.3 Å². The van der Waals surface area contributed by atoms with Crippen LogP contribution in [-0.2, 0) is 16.0 Å². The summed E-state index contributed by atoms with van der Waals surface area (Å²) in [6, 6.07) is 7.11. The molecule has 1 saturated heterocycles. The number of esters is 1. The summed E-state index contributed by atoms with van der Waals surface area (Å²) in [6.07, 6.45) is 4.10. The lowest BCUT2D eigenvalue weighted by Gasteiger charge is -2.25. The van der Waals surface area contributed by atoms with Gasteiger partial charge in [0.2, 0.25) is 0 Å². The molecule has 0 unspecified atom stereocenters. The van der Waals surface area contributed by atoms with Gasteiger partial charge in [-0.3, -0.25) is 9.69 Å². The molecule has 0 N–H and O–H groups in total. The number of piperidine rings is 1. The second kappa shape index (κ2) is 7.93. The highest BCUT2D eigenvalue weighted by molar-refractivity contribution is 5.89. The van der Waals surface area contributed by atoms with Crippen LogP contribution in [0.2, 0.25) is 0 Å². The Hall–Kier alpha value is -1.68. The van der Waals surface area contributed by atoms with Crippen molar-refractivity contribution in [3.63, 3.8) is 0 Å². The Morgan fingerprint density at radius 1 is 1.10 bits per heavy atom. The molecule has 1 aromatic carbocycles. The van der Waals surface area contributed by atoms with E-state index in [1.807, 2.05) is 12.1 Å². The zero-order valence-electron chi connectivity index (χ0n) is 12.6. The number of ketones is 1. The number of hydrogen-bond donors (Lipinski definition) is 0. The number of hydrogen-bond acceptors (Lipinski definition) is 4. The number of likely N-dealkylation sites (tertiary alicyclic amines) is 1. The van der Waals surface area contributed by atoms with Crippen molar-refractivity contribution in [2.75, 3.05) is 26.2 Å². The van der Waals surface area contributed by atoms with Gasteiger partial charge < -0.3 is 4.74 Å². The molecule has 0 bridgehead atoms. The van der Waals surface area contributed by atoms with E-state index in [4.69, 9.17) is 4.74 Å². The standard InChI is InChI=1S/C17H23NO3/c1-2-21-17(20)15-8-6-14(7-9-15)12-16(19)13-18-10-4-3-5-11-18/h6-9H,2-5,10-13H2,1H3. The Labute approximate surface area is 126 Å². The number of carbonyl (C=O) groups excluding carboxylic acids is 2. The fourth-order valence-corrected chi connectivity index (χ4v) is 2.62. The zero-order chi connectivity index (χ0) is 15.1. The van der Waals surface area contributed by atoms with Crippen LogP contribution in [0.5, 0.6) is 0 Å². The first-order valence-corrected chi connectivity index (χ1v) is 7.69. The fourth-order valence-electron chi connectivity index (χ4n) is 2.62. The van der Waals surface area contributed by atoms with Crippen LogP contribution in [0.1, 0.15) is 42.1 Å². The highest BCUT2D eigenvalue weighted by Gasteiger charge is 2.14. The van der Waals surface area contributed by atoms with Crippen molar-refractivity contribution >= 4 is 11.8 Å². The van der Waals surface area contributed by atoms with Crippen LogP contribution in [-0.4, -0.2) is 42.9 Å². The lowest BCUT2D eigenvalue weighted by molar-refractivity contribution is -0.119. The molecule has 1 aliphatic rings. The normalized spacial score (nSPS) is 15.7. The third kappa shape index (κ3) is 4.97. The Kier molecular flexibility index (Phi) is 5.93. The first-order chi connectivity index (χ1) is 10.2. The van der Waals surface area contributed by atoms with Crippen LogP contribution in [0.25, 0.3) is 0 Å². The summed E-state index contributed by atoms with van der Waals surface area (Å²) in [5, 5.41) is 0. The molecule has 0 radical (unpaired) electrons. The molecule has 2 rings (SSSR count). The molecule has 0 aromatic heterocycles. The second-order valence-electron chi connectivity index (χ2n) is 5.47. The molecular formula is C17H23NO3. The lowest BCUT2D eigenvalue weighted by Crippen LogP contribution is -2.35. The van der Waals surface area contributed by atoms with Crippen molar-refractivity contribution in [1.82, 2.24) is 4.90 Å². The van der Waals surface area contributed by atoms with Gasteiger partial charge >= 0.3 is 5.97 Å². The Morgan fingerprint density at radius 3 is 2.38 bits per heavy atom. The van der Waals surface area contributed by atoms with Crippen molar-refractivity contribution in [3.8, 4) is 0 Å². The maximum Gasteiger partial charge on any atom is 0.338 e. The molecule has 0 spiro atoms. The van der Waals surface area contributed by atoms with Crippen molar-refractivity contribution in [1.29, 1.82) is 0 Å². The van der Waals surface area contributed by atoms with Gasteiger partial charge in [0.05, 0.1) is 18.7 Å². The molecule has 0 aliphatic carbocycles. The third-order valence-corrected chi connectivity index (χ3v) is 3.72. The van der Waals surface area contributed by atoms with Crippen molar-refractivity contribution in [2.24, 2.45) is 0 Å². The van der Waals surface area contributed by atoms with Crippen LogP contribution in [0.15, 0.2) is 24.3 Å². The van der Waals surface area contributed by atoms with Gasteiger partial charge in [0.1, 0.15) is 0 Å². The number of Topliss-reactive ketones (excluding diaryl/α,β-unsaturated/α-hetero) is 1. The van der Waals surface area contributed by atoms with E-state index >= 15 is 0 Å². The highest BCUT2D eigenvalue weighted by atomic mass is 16.5. The lowest BCUT2D eigenvalue weighted by atomic mass is 10.1. The van der Waals surface area contributed by atoms with E-state index in [9.17, 15) is 9.59 Å². The van der Waals surface area contributed by atoms with Crippen molar-refractivity contribution in [3.05, 3.63) is 35.4 Å². The van der Waals surface area contributed by atoms with Gasteiger partial charge in [0.15, 0.2) is 5.78 Å². The smallest absolute Gasteiger partial charge is 0.338 e. The maximum absolute atomic E-state index is 12.1. The van der Waals surface area contributed by atoms with Crippen LogP contribution < -0.4 is 0 Å². The molecule has 4 heteroatoms.